The van der Waals surface area contributed by atoms with E-state index in [0.29, 0.717) is 72.9 Å². The third kappa shape index (κ3) is 27.9. The largest absolute Gasteiger partial charge is 0.481 e. The van der Waals surface area contributed by atoms with E-state index >= 15 is 0 Å². The highest BCUT2D eigenvalue weighted by Crippen LogP contribution is 2.39. The van der Waals surface area contributed by atoms with Crippen LogP contribution in [0.2, 0.25) is 0 Å². The summed E-state index contributed by atoms with van der Waals surface area (Å²) < 4.78 is 114. The minimum atomic E-state index is -0.574. The number of allylic oxidation sites excluding steroid dienone is 1. The first-order valence-electron chi connectivity index (χ1n) is 34.0. The number of aromatic nitrogens is 3. The molecule has 0 aliphatic carbocycles. The maximum Gasteiger partial charge on any atom is 0.310 e. The predicted molar refractivity (Wildman–Crippen MR) is 431 cm³/mol. The Kier molecular flexibility index (Phi) is 34.8. The predicted octanol–water partition coefficient (Wildman–Crippen LogP) is 22.5. The van der Waals surface area contributed by atoms with Gasteiger partial charge in [-0.15, -0.1) is 0 Å². The lowest BCUT2D eigenvalue weighted by atomic mass is 9.88. The summed E-state index contributed by atoms with van der Waals surface area (Å²) in [7, 11) is 4.63. The van der Waals surface area contributed by atoms with Gasteiger partial charge >= 0.3 is 5.97 Å². The number of carbonyl (C=O) groups is 1. The van der Waals surface area contributed by atoms with Gasteiger partial charge in [0.05, 0.1) is 39.1 Å². The molecule has 0 unspecified atom stereocenters. The van der Waals surface area contributed by atoms with Crippen LogP contribution in [0.5, 0.6) is 17.6 Å². The Morgan fingerprint density at radius 3 is 1.20 bits per heavy atom. The molecule has 3 heterocycles. The van der Waals surface area contributed by atoms with Gasteiger partial charge < -0.3 is 53.3 Å². The zero-order chi connectivity index (χ0) is 80.5. The number of benzene rings is 7. The molecule has 14 nitrogen and oxygen atoms in total. The minimum absolute atomic E-state index is 0.0608. The lowest BCUT2D eigenvalue weighted by Crippen LogP contribution is -2.25. The van der Waals surface area contributed by atoms with Crippen LogP contribution in [0.15, 0.2) is 174 Å². The molecule has 23 heteroatoms. The molecule has 0 saturated heterocycles. The molecule has 0 aliphatic heterocycles. The second-order valence-electron chi connectivity index (χ2n) is 27.1. The Hall–Kier alpha value is -10.1. The average Bonchev–Trinajstić information content (AvgIpc) is 0.809. The SMILES string of the molecule is C=C(C)c1cc(F)ccc1N.CC(C)c1cc(F)cc(N)c1N.CC(C)c1cc(F)ccc1N.COc1cc(-c2cc(F)cc(C(C)C)c2Br)ccn1.COc1cc(-c2cc(F)cc(C(C)C)c2CC(=O)OC(C)(C)C)ccn1.COc1cc(-c2cc(F)cc(C(C)C)c2N)ccn1.Nc1ccc(F)cc1Br. The van der Waals surface area contributed by atoms with Gasteiger partial charge in [0.15, 0.2) is 0 Å². The number of methoxy groups -OCH3 is 3. The third-order valence-electron chi connectivity index (χ3n) is 15.8. The first-order valence-corrected chi connectivity index (χ1v) is 35.6. The summed E-state index contributed by atoms with van der Waals surface area (Å²) in [6.45, 7) is 30.8. The molecule has 10 rings (SSSR count). The summed E-state index contributed by atoms with van der Waals surface area (Å²) in [5.74, 6) is 0.0572. The van der Waals surface area contributed by atoms with Crippen molar-refractivity contribution in [1.82, 2.24) is 15.0 Å². The van der Waals surface area contributed by atoms with Crippen LogP contribution in [0.25, 0.3) is 39.0 Å². The molecule has 10 aromatic rings. The van der Waals surface area contributed by atoms with Gasteiger partial charge in [-0.2, -0.15) is 0 Å². The zero-order valence-electron chi connectivity index (χ0n) is 63.6. The zero-order valence-corrected chi connectivity index (χ0v) is 66.7. The number of pyridine rings is 3. The Labute approximate surface area is 641 Å². The quantitative estimate of drug-likeness (QED) is 0.0337. The number of nitrogens with two attached hydrogens (primary N) is 6. The Balaban J connectivity index is 0.000000272. The molecule has 0 spiro atoms. The number of nitrogen functional groups attached to an aromatic ring is 6. The van der Waals surface area contributed by atoms with Crippen LogP contribution in [-0.4, -0.2) is 47.9 Å². The van der Waals surface area contributed by atoms with E-state index in [2.05, 4.69) is 53.4 Å². The lowest BCUT2D eigenvalue weighted by molar-refractivity contribution is -0.153. The molecule has 107 heavy (non-hydrogen) atoms. The topological polar surface area (TPSA) is 249 Å². The number of carbonyl (C=O) groups excluding carboxylic acids is 1. The van der Waals surface area contributed by atoms with E-state index in [9.17, 15) is 35.5 Å². The fourth-order valence-electron chi connectivity index (χ4n) is 10.4. The van der Waals surface area contributed by atoms with Gasteiger partial charge in [-0.1, -0.05) is 75.8 Å². The first-order chi connectivity index (χ1) is 50.1. The van der Waals surface area contributed by atoms with Crippen LogP contribution in [0, 0.1) is 40.7 Å². The van der Waals surface area contributed by atoms with Crippen molar-refractivity contribution in [3.8, 4) is 51.0 Å². The maximum absolute atomic E-state index is 14.3. The van der Waals surface area contributed by atoms with E-state index in [-0.39, 0.29) is 82.7 Å². The van der Waals surface area contributed by atoms with E-state index < -0.39 is 5.60 Å². The van der Waals surface area contributed by atoms with Crippen LogP contribution in [0.1, 0.15) is 165 Å². The number of ether oxygens (including phenoxy) is 4. The highest BCUT2D eigenvalue weighted by atomic mass is 79.9. The second-order valence-corrected chi connectivity index (χ2v) is 28.7. The molecule has 0 aliphatic rings. The van der Waals surface area contributed by atoms with Gasteiger partial charge in [-0.3, -0.25) is 4.79 Å². The Morgan fingerprint density at radius 1 is 0.421 bits per heavy atom. The molecule has 0 amide bonds. The highest BCUT2D eigenvalue weighted by molar-refractivity contribution is 9.11. The Bertz CT molecular complexity index is 4520. The number of nitrogens with zero attached hydrogens (tertiary/aromatic N) is 3. The van der Waals surface area contributed by atoms with Gasteiger partial charge in [0.25, 0.3) is 0 Å². The van der Waals surface area contributed by atoms with Crippen molar-refractivity contribution in [1.29, 1.82) is 0 Å². The fourth-order valence-corrected chi connectivity index (χ4v) is 11.7. The van der Waals surface area contributed by atoms with Crippen LogP contribution in [-0.2, 0) is 16.0 Å². The molecule has 0 fully saturated rings. The van der Waals surface area contributed by atoms with Gasteiger partial charge in [-0.25, -0.2) is 45.7 Å². The number of hydrogen-bond donors (Lipinski definition) is 6. The van der Waals surface area contributed by atoms with Gasteiger partial charge in [0, 0.05) is 79.6 Å². The van der Waals surface area contributed by atoms with Crippen LogP contribution < -0.4 is 48.6 Å². The van der Waals surface area contributed by atoms with E-state index in [0.717, 1.165) is 65.7 Å². The highest BCUT2D eigenvalue weighted by Gasteiger charge is 2.23. The average molecular weight is 1610 g/mol. The summed E-state index contributed by atoms with van der Waals surface area (Å²) in [5, 5.41) is 0. The molecule has 0 radical (unpaired) electrons. The molecule has 3 aromatic heterocycles. The number of hydrogen-bond acceptors (Lipinski definition) is 14. The number of rotatable bonds is 14. The van der Waals surface area contributed by atoms with E-state index in [1.807, 2.05) is 96.1 Å². The fraction of sp³-hybridized carbons (Fsp3) is 0.286. The minimum Gasteiger partial charge on any atom is -0.481 e. The van der Waals surface area contributed by atoms with E-state index in [1.165, 1.54) is 92.0 Å². The van der Waals surface area contributed by atoms with Gasteiger partial charge in [-0.05, 0) is 277 Å². The molecule has 0 atom stereocenters. The molecular formula is C84H98Br2F7N9O5. The van der Waals surface area contributed by atoms with Crippen LogP contribution >= 0.6 is 31.9 Å². The van der Waals surface area contributed by atoms with E-state index in [4.69, 9.17) is 53.3 Å². The first kappa shape index (κ1) is 89.3. The van der Waals surface area contributed by atoms with E-state index in [1.54, 1.807) is 88.3 Å². The lowest BCUT2D eigenvalue weighted by Gasteiger charge is -2.22. The summed E-state index contributed by atoms with van der Waals surface area (Å²) in [5.41, 5.74) is 47.5. The van der Waals surface area contributed by atoms with Crippen molar-refractivity contribution < 1.29 is 54.5 Å². The third-order valence-corrected chi connectivity index (χ3v) is 17.4. The molecule has 572 valence electrons. The summed E-state index contributed by atoms with van der Waals surface area (Å²) in [4.78, 5) is 24.6. The van der Waals surface area contributed by atoms with Crippen LogP contribution in [0.3, 0.4) is 0 Å². The molecule has 12 N–H and O–H groups in total. The summed E-state index contributed by atoms with van der Waals surface area (Å²) in [6.07, 6.45) is 4.95. The van der Waals surface area contributed by atoms with Crippen molar-refractivity contribution in [2.75, 3.05) is 55.7 Å². The van der Waals surface area contributed by atoms with Gasteiger partial charge in [0.1, 0.15) is 46.3 Å². The molecular weight excluding hydrogens is 1510 g/mol. The van der Waals surface area contributed by atoms with Crippen molar-refractivity contribution in [3.05, 3.63) is 253 Å². The molecule has 0 bridgehead atoms. The van der Waals surface area contributed by atoms with Crippen molar-refractivity contribution in [3.63, 3.8) is 0 Å². The number of esters is 1. The molecule has 7 aromatic carbocycles. The maximum atomic E-state index is 14.3. The standard InChI is InChI=1S/C21H26FNO3.C15H15BrFNO.C15H17FN2O.C9H13FN2.C9H12FN.C9H10FN.C6H5BrFN/c1-13(2)16-10-15(22)11-17(14-7-8-23-19(9-14)25-6)18(16)12-20(24)26-21(3,4)5;1-9(2)12-7-11(17)8-13(15(12)16)10-4-5-18-14(6-10)19-3;1-9(2)12-7-11(16)8-13(15(12)17)10-4-5-18-14(6-10)19-3;1-5(2)7-3-6(10)4-8(11)9(7)12;2*1-6(2)8-5-7(10)3-4-9(8)11;7-5-3-4(8)1-2-6(5)9/h7-11,13H,12H2,1-6H3;4-9H,1-3H3;4-9H,17H2,1-3H3;3-5H,11-12H2,1-2H3;3-6H,11H2,1-2H3;3-5H,1,11H2,2H3;1-3H,9H2. The number of anilines is 6. The molecule has 0 saturated carbocycles. The second kappa shape index (κ2) is 41.7. The summed E-state index contributed by atoms with van der Waals surface area (Å²) in [6, 6.07) is 35.2. The van der Waals surface area contributed by atoms with Crippen molar-refractivity contribution >= 4 is 77.5 Å². The normalized spacial score (nSPS) is 10.7. The number of halogens is 9. The monoisotopic (exact) mass is 1600 g/mol. The van der Waals surface area contributed by atoms with Crippen LogP contribution in [0.4, 0.5) is 64.9 Å². The smallest absolute Gasteiger partial charge is 0.310 e. The van der Waals surface area contributed by atoms with Crippen molar-refractivity contribution in [2.24, 2.45) is 0 Å². The van der Waals surface area contributed by atoms with Crippen molar-refractivity contribution in [2.45, 2.75) is 139 Å². The Morgan fingerprint density at radius 2 is 0.785 bits per heavy atom. The van der Waals surface area contributed by atoms with Gasteiger partial charge in [0.2, 0.25) is 17.6 Å². The summed E-state index contributed by atoms with van der Waals surface area (Å²) >= 11 is 6.65.